The zero-order chi connectivity index (χ0) is 13.7. The van der Waals surface area contributed by atoms with Crippen LogP contribution in [-0.2, 0) is 4.74 Å². The minimum atomic E-state index is -0.0169. The Morgan fingerprint density at radius 2 is 2.05 bits per heavy atom. The number of anilines is 1. The van der Waals surface area contributed by atoms with E-state index >= 15 is 0 Å². The summed E-state index contributed by atoms with van der Waals surface area (Å²) < 4.78 is 11.1. The first-order valence-corrected chi connectivity index (χ1v) is 7.42. The van der Waals surface area contributed by atoms with Crippen LogP contribution in [0.25, 0.3) is 0 Å². The maximum Gasteiger partial charge on any atom is 0.321 e. The molecule has 0 aliphatic heterocycles. The largest absolute Gasteiger partial charge is 0.370 e. The predicted octanol–water partition coefficient (Wildman–Crippen LogP) is 3.55. The van der Waals surface area contributed by atoms with Crippen molar-refractivity contribution in [2.45, 2.75) is 65.0 Å². The molecule has 1 unspecified atom stereocenters. The predicted molar refractivity (Wildman–Crippen MR) is 74.0 cm³/mol. The third-order valence-electron chi connectivity index (χ3n) is 3.53. The molecule has 1 saturated carbocycles. The molecule has 1 aliphatic rings. The molecule has 2 rings (SSSR count). The number of aromatic nitrogens is 2. The summed E-state index contributed by atoms with van der Waals surface area (Å²) in [5.41, 5.74) is 0. The van der Waals surface area contributed by atoms with Crippen LogP contribution < -0.4 is 5.32 Å². The molecule has 5 heteroatoms. The van der Waals surface area contributed by atoms with E-state index in [0.29, 0.717) is 24.4 Å². The maximum atomic E-state index is 5.87. The third-order valence-corrected chi connectivity index (χ3v) is 3.53. The van der Waals surface area contributed by atoms with Crippen LogP contribution in [0, 0.1) is 5.92 Å². The number of hydrogen-bond acceptors (Lipinski definition) is 5. The average Bonchev–Trinajstić information content (AvgIpc) is 2.84. The van der Waals surface area contributed by atoms with Crippen LogP contribution in [-0.4, -0.2) is 22.8 Å². The smallest absolute Gasteiger partial charge is 0.321 e. The average molecular weight is 267 g/mol. The minimum absolute atomic E-state index is 0.0169. The van der Waals surface area contributed by atoms with Gasteiger partial charge in [0.2, 0.25) is 5.82 Å². The van der Waals surface area contributed by atoms with Gasteiger partial charge < -0.3 is 14.6 Å². The first kappa shape index (κ1) is 14.3. The van der Waals surface area contributed by atoms with Gasteiger partial charge in [-0.05, 0) is 39.5 Å². The molecule has 1 heterocycles. The highest BCUT2D eigenvalue weighted by Crippen LogP contribution is 2.36. The van der Waals surface area contributed by atoms with Gasteiger partial charge in [0.25, 0.3) is 0 Å². The summed E-state index contributed by atoms with van der Waals surface area (Å²) in [5, 5.41) is 7.22. The van der Waals surface area contributed by atoms with Crippen LogP contribution in [0.3, 0.4) is 0 Å². The van der Waals surface area contributed by atoms with E-state index < -0.39 is 0 Å². The van der Waals surface area contributed by atoms with Gasteiger partial charge in [0.15, 0.2) is 0 Å². The number of nitrogens with zero attached hydrogens (tertiary/aromatic N) is 2. The van der Waals surface area contributed by atoms with E-state index in [0.717, 1.165) is 0 Å². The van der Waals surface area contributed by atoms with Gasteiger partial charge in [0, 0.05) is 12.6 Å². The monoisotopic (exact) mass is 267 g/mol. The lowest BCUT2D eigenvalue weighted by molar-refractivity contribution is -0.00145. The molecule has 5 nitrogen and oxygen atoms in total. The van der Waals surface area contributed by atoms with Crippen LogP contribution in [0.1, 0.15) is 64.8 Å². The van der Waals surface area contributed by atoms with Crippen molar-refractivity contribution >= 4 is 6.01 Å². The molecule has 108 valence electrons. The fourth-order valence-electron chi connectivity index (χ4n) is 2.69. The van der Waals surface area contributed by atoms with Crippen LogP contribution in [0.15, 0.2) is 4.52 Å². The Balaban J connectivity index is 2.06. The van der Waals surface area contributed by atoms with E-state index in [9.17, 15) is 0 Å². The standard InChI is InChI=1S/C14H25N3O2/c1-4-18-12(11-8-6-5-7-9-11)13-16-14(19-17-13)15-10(2)3/h10-12H,4-9H2,1-3H3,(H,15,16,17). The first-order valence-electron chi connectivity index (χ1n) is 7.42. The van der Waals surface area contributed by atoms with Gasteiger partial charge >= 0.3 is 6.01 Å². The molecule has 0 radical (unpaired) electrons. The Morgan fingerprint density at radius 3 is 2.68 bits per heavy atom. The van der Waals surface area contributed by atoms with Gasteiger partial charge in [-0.15, -0.1) is 0 Å². The summed E-state index contributed by atoms with van der Waals surface area (Å²) in [6, 6.07) is 0.777. The normalized spacial score (nSPS) is 18.7. The minimum Gasteiger partial charge on any atom is -0.370 e. The highest BCUT2D eigenvalue weighted by atomic mass is 16.5. The molecule has 0 bridgehead atoms. The lowest BCUT2D eigenvalue weighted by atomic mass is 9.85. The number of rotatable bonds is 6. The molecule has 1 fully saturated rings. The van der Waals surface area contributed by atoms with Crippen molar-refractivity contribution < 1.29 is 9.26 Å². The first-order chi connectivity index (χ1) is 9.20. The fraction of sp³-hybridized carbons (Fsp3) is 0.857. The lowest BCUT2D eigenvalue weighted by Crippen LogP contribution is -2.20. The second-order valence-electron chi connectivity index (χ2n) is 5.53. The molecular weight excluding hydrogens is 242 g/mol. The topological polar surface area (TPSA) is 60.2 Å². The van der Waals surface area contributed by atoms with Crippen molar-refractivity contribution in [3.63, 3.8) is 0 Å². The molecule has 1 N–H and O–H groups in total. The van der Waals surface area contributed by atoms with E-state index in [1.807, 2.05) is 20.8 Å². The molecule has 0 spiro atoms. The molecule has 0 amide bonds. The quantitative estimate of drug-likeness (QED) is 0.854. The van der Waals surface area contributed by atoms with Crippen LogP contribution >= 0.6 is 0 Å². The second-order valence-corrected chi connectivity index (χ2v) is 5.53. The summed E-state index contributed by atoms with van der Waals surface area (Å²) in [6.07, 6.45) is 6.28. The Labute approximate surface area is 115 Å². The van der Waals surface area contributed by atoms with Crippen LogP contribution in [0.4, 0.5) is 6.01 Å². The van der Waals surface area contributed by atoms with Crippen molar-refractivity contribution in [1.29, 1.82) is 0 Å². The van der Waals surface area contributed by atoms with Crippen molar-refractivity contribution in [2.75, 3.05) is 11.9 Å². The second kappa shape index (κ2) is 6.89. The Bertz CT molecular complexity index is 373. The number of hydrogen-bond donors (Lipinski definition) is 1. The Morgan fingerprint density at radius 1 is 1.32 bits per heavy atom. The lowest BCUT2D eigenvalue weighted by Gasteiger charge is -2.27. The molecular formula is C14H25N3O2. The summed E-state index contributed by atoms with van der Waals surface area (Å²) in [5.74, 6) is 1.22. The number of nitrogens with one attached hydrogen (secondary N) is 1. The molecule has 1 aromatic heterocycles. The molecule has 1 atom stereocenters. The van der Waals surface area contributed by atoms with Crippen LogP contribution in [0.5, 0.6) is 0 Å². The van der Waals surface area contributed by atoms with Gasteiger partial charge in [0.05, 0.1) is 0 Å². The van der Waals surface area contributed by atoms with Crippen molar-refractivity contribution in [3.8, 4) is 0 Å². The van der Waals surface area contributed by atoms with Gasteiger partial charge in [-0.2, -0.15) is 4.98 Å². The van der Waals surface area contributed by atoms with Gasteiger partial charge in [-0.25, -0.2) is 0 Å². The third kappa shape index (κ3) is 3.93. The maximum absolute atomic E-state index is 5.87. The zero-order valence-electron chi connectivity index (χ0n) is 12.2. The molecule has 0 saturated heterocycles. The fourth-order valence-corrected chi connectivity index (χ4v) is 2.69. The molecule has 19 heavy (non-hydrogen) atoms. The Kier molecular flexibility index (Phi) is 5.19. The highest BCUT2D eigenvalue weighted by molar-refractivity contribution is 5.20. The van der Waals surface area contributed by atoms with Crippen molar-refractivity contribution in [3.05, 3.63) is 5.82 Å². The van der Waals surface area contributed by atoms with Gasteiger partial charge in [0.1, 0.15) is 6.10 Å². The molecule has 1 aromatic rings. The SMILES string of the molecule is CCOC(c1noc(NC(C)C)n1)C1CCCCC1. The van der Waals surface area contributed by atoms with E-state index in [1.54, 1.807) is 0 Å². The van der Waals surface area contributed by atoms with Crippen molar-refractivity contribution in [1.82, 2.24) is 10.1 Å². The zero-order valence-corrected chi connectivity index (χ0v) is 12.2. The van der Waals surface area contributed by atoms with Gasteiger partial charge in [-0.1, -0.05) is 24.4 Å². The Hall–Kier alpha value is -1.10. The molecule has 1 aliphatic carbocycles. The van der Waals surface area contributed by atoms with Crippen LogP contribution in [0.2, 0.25) is 0 Å². The van der Waals surface area contributed by atoms with Gasteiger partial charge in [-0.3, -0.25) is 0 Å². The van der Waals surface area contributed by atoms with E-state index in [4.69, 9.17) is 9.26 Å². The van der Waals surface area contributed by atoms with Crippen molar-refractivity contribution in [2.24, 2.45) is 5.92 Å². The summed E-state index contributed by atoms with van der Waals surface area (Å²) in [6.45, 7) is 6.79. The molecule has 0 aromatic carbocycles. The summed E-state index contributed by atoms with van der Waals surface area (Å²) in [4.78, 5) is 4.43. The summed E-state index contributed by atoms with van der Waals surface area (Å²) >= 11 is 0. The highest BCUT2D eigenvalue weighted by Gasteiger charge is 2.29. The van der Waals surface area contributed by atoms with E-state index in [1.165, 1.54) is 32.1 Å². The number of ether oxygens (including phenoxy) is 1. The van der Waals surface area contributed by atoms with E-state index in [-0.39, 0.29) is 12.1 Å². The van der Waals surface area contributed by atoms with E-state index in [2.05, 4.69) is 15.5 Å². The summed E-state index contributed by atoms with van der Waals surface area (Å²) in [7, 11) is 0.